The molecular weight excluding hydrogens is 239 g/mol. The quantitative estimate of drug-likeness (QED) is 0.755. The topological polar surface area (TPSA) is 78.4 Å². The minimum absolute atomic E-state index is 0.114. The van der Waals surface area contributed by atoms with Gasteiger partial charge in [-0.3, -0.25) is 4.79 Å². The minimum atomic E-state index is -1.27. The monoisotopic (exact) mass is 252 g/mol. The summed E-state index contributed by atoms with van der Waals surface area (Å²) in [6.45, 7) is 0.771. The first-order valence-corrected chi connectivity index (χ1v) is 5.65. The molecule has 1 aliphatic heterocycles. The van der Waals surface area contributed by atoms with E-state index in [9.17, 15) is 14.0 Å². The van der Waals surface area contributed by atoms with E-state index in [0.29, 0.717) is 0 Å². The molecule has 1 aromatic carbocycles. The second-order valence-corrected chi connectivity index (χ2v) is 4.13. The molecule has 1 saturated heterocycles. The van der Waals surface area contributed by atoms with Crippen molar-refractivity contribution in [3.05, 3.63) is 29.6 Å². The summed E-state index contributed by atoms with van der Waals surface area (Å²) in [5.41, 5.74) is -0.135. The molecule has 1 amide bonds. The van der Waals surface area contributed by atoms with Crippen LogP contribution in [0, 0.1) is 5.82 Å². The number of amides is 1. The SMILES string of the molecule is O=C(O)c1cc(F)ccc1NC(=O)[C@@H]1CCCN1. The molecule has 1 atom stereocenters. The number of hydrogen-bond donors (Lipinski definition) is 3. The summed E-state index contributed by atoms with van der Waals surface area (Å²) >= 11 is 0. The second-order valence-electron chi connectivity index (χ2n) is 4.13. The molecule has 6 heteroatoms. The fraction of sp³-hybridized carbons (Fsp3) is 0.333. The summed E-state index contributed by atoms with van der Waals surface area (Å²) in [6, 6.07) is 2.95. The molecule has 0 spiro atoms. The van der Waals surface area contributed by atoms with Crippen LogP contribution in [-0.2, 0) is 4.79 Å². The third kappa shape index (κ3) is 2.65. The van der Waals surface area contributed by atoms with Crippen LogP contribution >= 0.6 is 0 Å². The molecule has 0 saturated carbocycles. The summed E-state index contributed by atoms with van der Waals surface area (Å²) < 4.78 is 13.0. The van der Waals surface area contributed by atoms with Crippen LogP contribution in [0.5, 0.6) is 0 Å². The number of aromatic carboxylic acids is 1. The first-order valence-electron chi connectivity index (χ1n) is 5.65. The maximum Gasteiger partial charge on any atom is 0.337 e. The van der Waals surface area contributed by atoms with Crippen molar-refractivity contribution in [2.45, 2.75) is 18.9 Å². The molecule has 5 nitrogen and oxygen atoms in total. The van der Waals surface area contributed by atoms with Gasteiger partial charge in [-0.1, -0.05) is 0 Å². The van der Waals surface area contributed by atoms with Gasteiger partial charge in [0.05, 0.1) is 17.3 Å². The van der Waals surface area contributed by atoms with Crippen LogP contribution in [0.3, 0.4) is 0 Å². The smallest absolute Gasteiger partial charge is 0.337 e. The maximum absolute atomic E-state index is 13.0. The lowest BCUT2D eigenvalue weighted by molar-refractivity contribution is -0.117. The molecule has 1 heterocycles. The Morgan fingerprint density at radius 2 is 2.22 bits per heavy atom. The van der Waals surface area contributed by atoms with Gasteiger partial charge in [0.1, 0.15) is 5.82 Å². The lowest BCUT2D eigenvalue weighted by Gasteiger charge is -2.12. The molecule has 3 N–H and O–H groups in total. The van der Waals surface area contributed by atoms with E-state index in [1.807, 2.05) is 0 Å². The van der Waals surface area contributed by atoms with Crippen molar-refractivity contribution >= 4 is 17.6 Å². The van der Waals surface area contributed by atoms with E-state index in [-0.39, 0.29) is 23.2 Å². The number of carbonyl (C=O) groups excluding carboxylic acids is 1. The van der Waals surface area contributed by atoms with Gasteiger partial charge in [0.25, 0.3) is 0 Å². The van der Waals surface area contributed by atoms with Crippen molar-refractivity contribution in [1.82, 2.24) is 5.32 Å². The Balaban J connectivity index is 2.17. The second kappa shape index (κ2) is 5.14. The van der Waals surface area contributed by atoms with Gasteiger partial charge in [-0.15, -0.1) is 0 Å². The molecule has 1 aliphatic rings. The van der Waals surface area contributed by atoms with Crippen LogP contribution in [0.25, 0.3) is 0 Å². The van der Waals surface area contributed by atoms with E-state index >= 15 is 0 Å². The standard InChI is InChI=1S/C12H13FN2O3/c13-7-3-4-9(8(6-7)12(17)18)15-11(16)10-2-1-5-14-10/h3-4,6,10,14H,1-2,5H2,(H,15,16)(H,17,18)/t10-/m0/s1. The van der Waals surface area contributed by atoms with Crippen LogP contribution in [-0.4, -0.2) is 29.6 Å². The molecule has 96 valence electrons. The summed E-state index contributed by atoms with van der Waals surface area (Å²) in [5.74, 6) is -2.21. The van der Waals surface area contributed by atoms with Gasteiger partial charge in [0.2, 0.25) is 5.91 Å². The van der Waals surface area contributed by atoms with E-state index in [1.54, 1.807) is 0 Å². The van der Waals surface area contributed by atoms with Crippen molar-refractivity contribution in [3.63, 3.8) is 0 Å². The highest BCUT2D eigenvalue weighted by Crippen LogP contribution is 2.18. The van der Waals surface area contributed by atoms with Crippen molar-refractivity contribution in [2.24, 2.45) is 0 Å². The molecule has 18 heavy (non-hydrogen) atoms. The Morgan fingerprint density at radius 3 is 2.83 bits per heavy atom. The van der Waals surface area contributed by atoms with E-state index in [4.69, 9.17) is 5.11 Å². The summed E-state index contributed by atoms with van der Waals surface area (Å²) in [5, 5.41) is 14.4. The minimum Gasteiger partial charge on any atom is -0.478 e. The Labute approximate surface area is 103 Å². The van der Waals surface area contributed by atoms with E-state index in [1.165, 1.54) is 6.07 Å². The average molecular weight is 252 g/mol. The van der Waals surface area contributed by atoms with Gasteiger partial charge >= 0.3 is 5.97 Å². The van der Waals surface area contributed by atoms with Gasteiger partial charge in [0, 0.05) is 0 Å². The van der Waals surface area contributed by atoms with E-state index < -0.39 is 11.8 Å². The van der Waals surface area contributed by atoms with Crippen molar-refractivity contribution in [2.75, 3.05) is 11.9 Å². The highest BCUT2D eigenvalue weighted by Gasteiger charge is 2.23. The molecule has 0 aliphatic carbocycles. The summed E-state index contributed by atoms with van der Waals surface area (Å²) in [7, 11) is 0. The van der Waals surface area contributed by atoms with Crippen molar-refractivity contribution in [1.29, 1.82) is 0 Å². The molecule has 0 aromatic heterocycles. The van der Waals surface area contributed by atoms with Gasteiger partial charge in [-0.25, -0.2) is 9.18 Å². The number of halogens is 1. The predicted octanol–water partition coefficient (Wildman–Crippen LogP) is 1.21. The molecule has 0 bridgehead atoms. The Kier molecular flexibility index (Phi) is 3.57. The number of carboxylic acid groups (broad SMARTS) is 1. The van der Waals surface area contributed by atoms with Gasteiger partial charge in [0.15, 0.2) is 0 Å². The zero-order valence-corrected chi connectivity index (χ0v) is 9.57. The molecule has 0 unspecified atom stereocenters. The number of hydrogen-bond acceptors (Lipinski definition) is 3. The largest absolute Gasteiger partial charge is 0.478 e. The van der Waals surface area contributed by atoms with Crippen LogP contribution < -0.4 is 10.6 Å². The summed E-state index contributed by atoms with van der Waals surface area (Å²) in [6.07, 6.45) is 1.63. The van der Waals surface area contributed by atoms with Crippen LogP contribution in [0.15, 0.2) is 18.2 Å². The normalized spacial score (nSPS) is 18.6. The van der Waals surface area contributed by atoms with Gasteiger partial charge < -0.3 is 15.7 Å². The molecule has 1 fully saturated rings. The third-order valence-electron chi connectivity index (χ3n) is 2.85. The lowest BCUT2D eigenvalue weighted by Crippen LogP contribution is -2.35. The van der Waals surface area contributed by atoms with Crippen LogP contribution in [0.4, 0.5) is 10.1 Å². The average Bonchev–Trinajstić information content (AvgIpc) is 2.84. The number of carboxylic acids is 1. The van der Waals surface area contributed by atoms with E-state index in [2.05, 4.69) is 10.6 Å². The summed E-state index contributed by atoms with van der Waals surface area (Å²) in [4.78, 5) is 22.8. The Bertz CT molecular complexity index is 484. The number of anilines is 1. The highest BCUT2D eigenvalue weighted by atomic mass is 19.1. The fourth-order valence-electron chi connectivity index (χ4n) is 1.93. The molecule has 2 rings (SSSR count). The number of nitrogens with one attached hydrogen (secondary N) is 2. The maximum atomic E-state index is 13.0. The zero-order chi connectivity index (χ0) is 13.1. The van der Waals surface area contributed by atoms with Gasteiger partial charge in [-0.05, 0) is 37.6 Å². The van der Waals surface area contributed by atoms with E-state index in [0.717, 1.165) is 31.5 Å². The third-order valence-corrected chi connectivity index (χ3v) is 2.85. The zero-order valence-electron chi connectivity index (χ0n) is 9.57. The first kappa shape index (κ1) is 12.5. The van der Waals surface area contributed by atoms with Crippen molar-refractivity contribution < 1.29 is 19.1 Å². The van der Waals surface area contributed by atoms with Crippen molar-refractivity contribution in [3.8, 4) is 0 Å². The number of carbonyl (C=O) groups is 2. The Morgan fingerprint density at radius 1 is 1.44 bits per heavy atom. The highest BCUT2D eigenvalue weighted by molar-refractivity contribution is 6.02. The number of benzene rings is 1. The fourth-order valence-corrected chi connectivity index (χ4v) is 1.93. The first-order chi connectivity index (χ1) is 8.58. The van der Waals surface area contributed by atoms with Gasteiger partial charge in [-0.2, -0.15) is 0 Å². The molecular formula is C12H13FN2O3. The lowest BCUT2D eigenvalue weighted by atomic mass is 10.1. The van der Waals surface area contributed by atoms with Crippen LogP contribution in [0.1, 0.15) is 23.2 Å². The molecule has 1 aromatic rings. The number of rotatable bonds is 3. The predicted molar refractivity (Wildman–Crippen MR) is 63.0 cm³/mol. The van der Waals surface area contributed by atoms with Crippen LogP contribution in [0.2, 0.25) is 0 Å². The Hall–Kier alpha value is -1.95. The molecule has 0 radical (unpaired) electrons.